The van der Waals surface area contributed by atoms with Gasteiger partial charge < -0.3 is 5.73 Å². The number of benzene rings is 1. The maximum absolute atomic E-state index is 13.6. The molecule has 2 nitrogen and oxygen atoms in total. The molecule has 1 heterocycles. The fraction of sp³-hybridized carbons (Fsp3) is 0.571. The molecule has 0 spiro atoms. The molecule has 1 atom stereocenters. The van der Waals surface area contributed by atoms with Gasteiger partial charge in [0.25, 0.3) is 0 Å². The first-order chi connectivity index (χ1) is 8.40. The number of rotatable bonds is 3. The SMILES string of the molecule is CC1(C)CCCN1CC(N)c1cc(F)ccc1F. The topological polar surface area (TPSA) is 29.3 Å². The molecule has 1 unspecified atom stereocenters. The van der Waals surface area contributed by atoms with Crippen molar-refractivity contribution in [1.29, 1.82) is 0 Å². The van der Waals surface area contributed by atoms with E-state index in [0.717, 1.165) is 31.5 Å². The lowest BCUT2D eigenvalue weighted by atomic mass is 10.00. The fourth-order valence-corrected chi connectivity index (χ4v) is 2.64. The van der Waals surface area contributed by atoms with Gasteiger partial charge in [0.15, 0.2) is 0 Å². The van der Waals surface area contributed by atoms with E-state index in [4.69, 9.17) is 5.73 Å². The van der Waals surface area contributed by atoms with E-state index in [1.807, 2.05) is 0 Å². The van der Waals surface area contributed by atoms with Gasteiger partial charge in [0, 0.05) is 23.7 Å². The van der Waals surface area contributed by atoms with Crippen molar-refractivity contribution in [2.24, 2.45) is 5.73 Å². The van der Waals surface area contributed by atoms with Gasteiger partial charge in [-0.25, -0.2) is 8.78 Å². The first-order valence-electron chi connectivity index (χ1n) is 6.36. The Balaban J connectivity index is 2.12. The predicted octanol–water partition coefficient (Wildman–Crippen LogP) is 2.84. The molecule has 1 aliphatic heterocycles. The molecule has 18 heavy (non-hydrogen) atoms. The summed E-state index contributed by atoms with van der Waals surface area (Å²) in [5.74, 6) is -0.872. The van der Waals surface area contributed by atoms with E-state index in [1.165, 1.54) is 6.07 Å². The summed E-state index contributed by atoms with van der Waals surface area (Å²) in [6.45, 7) is 5.86. The normalized spacial score (nSPS) is 21.2. The molecule has 2 rings (SSSR count). The number of hydrogen-bond acceptors (Lipinski definition) is 2. The zero-order valence-electron chi connectivity index (χ0n) is 10.9. The Morgan fingerprint density at radius 3 is 2.72 bits per heavy atom. The van der Waals surface area contributed by atoms with E-state index in [0.29, 0.717) is 6.54 Å². The molecular weight excluding hydrogens is 234 g/mol. The molecule has 0 radical (unpaired) electrons. The third-order valence-electron chi connectivity index (χ3n) is 3.85. The molecule has 1 aromatic carbocycles. The van der Waals surface area contributed by atoms with Crippen LogP contribution in [0.2, 0.25) is 0 Å². The maximum Gasteiger partial charge on any atom is 0.128 e. The van der Waals surface area contributed by atoms with Gasteiger partial charge >= 0.3 is 0 Å². The highest BCUT2D eigenvalue weighted by Gasteiger charge is 2.33. The second-order valence-corrected chi connectivity index (χ2v) is 5.63. The lowest BCUT2D eigenvalue weighted by Crippen LogP contribution is -2.42. The summed E-state index contributed by atoms with van der Waals surface area (Å²) in [6, 6.07) is 2.96. The van der Waals surface area contributed by atoms with Crippen LogP contribution < -0.4 is 5.73 Å². The molecule has 0 aliphatic carbocycles. The Labute approximate surface area is 107 Å². The van der Waals surface area contributed by atoms with Crippen LogP contribution in [0, 0.1) is 11.6 Å². The van der Waals surface area contributed by atoms with Crippen LogP contribution in [0.5, 0.6) is 0 Å². The number of nitrogens with zero attached hydrogens (tertiary/aromatic N) is 1. The maximum atomic E-state index is 13.6. The van der Waals surface area contributed by atoms with E-state index >= 15 is 0 Å². The minimum atomic E-state index is -0.488. The standard InChI is InChI=1S/C14H20F2N2/c1-14(2)6-3-7-18(14)9-13(17)11-8-10(15)4-5-12(11)16/h4-5,8,13H,3,6-7,9,17H2,1-2H3. The van der Waals surface area contributed by atoms with Crippen molar-refractivity contribution >= 4 is 0 Å². The largest absolute Gasteiger partial charge is 0.323 e. The van der Waals surface area contributed by atoms with Crippen molar-refractivity contribution in [3.8, 4) is 0 Å². The van der Waals surface area contributed by atoms with Gasteiger partial charge in [-0.3, -0.25) is 4.90 Å². The molecule has 0 saturated carbocycles. The van der Waals surface area contributed by atoms with Gasteiger partial charge in [-0.15, -0.1) is 0 Å². The van der Waals surface area contributed by atoms with Gasteiger partial charge in [-0.05, 0) is 51.4 Å². The molecule has 1 saturated heterocycles. The Hall–Kier alpha value is -1.00. The molecule has 1 aliphatic rings. The summed E-state index contributed by atoms with van der Waals surface area (Å²) < 4.78 is 26.8. The first-order valence-corrected chi connectivity index (χ1v) is 6.36. The molecule has 0 amide bonds. The summed E-state index contributed by atoms with van der Waals surface area (Å²) in [4.78, 5) is 2.25. The van der Waals surface area contributed by atoms with E-state index in [1.54, 1.807) is 0 Å². The zero-order valence-corrected chi connectivity index (χ0v) is 10.9. The van der Waals surface area contributed by atoms with Crippen molar-refractivity contribution < 1.29 is 8.78 Å². The molecular formula is C14H20F2N2. The highest BCUT2D eigenvalue weighted by molar-refractivity contribution is 5.22. The minimum Gasteiger partial charge on any atom is -0.323 e. The summed E-state index contributed by atoms with van der Waals surface area (Å²) in [5.41, 5.74) is 6.38. The number of halogens is 2. The number of hydrogen-bond donors (Lipinski definition) is 1. The van der Waals surface area contributed by atoms with E-state index in [2.05, 4.69) is 18.7 Å². The Bertz CT molecular complexity index is 432. The average Bonchev–Trinajstić information content (AvgIpc) is 2.62. The lowest BCUT2D eigenvalue weighted by Gasteiger charge is -2.33. The first kappa shape index (κ1) is 13.4. The average molecular weight is 254 g/mol. The Morgan fingerprint density at radius 1 is 1.39 bits per heavy atom. The van der Waals surface area contributed by atoms with Crippen molar-refractivity contribution in [3.63, 3.8) is 0 Å². The molecule has 1 aromatic rings. The van der Waals surface area contributed by atoms with Gasteiger partial charge in [0.05, 0.1) is 0 Å². The smallest absolute Gasteiger partial charge is 0.128 e. The molecule has 0 bridgehead atoms. The van der Waals surface area contributed by atoms with Gasteiger partial charge in [-0.2, -0.15) is 0 Å². The van der Waals surface area contributed by atoms with Crippen molar-refractivity contribution in [3.05, 3.63) is 35.4 Å². The van der Waals surface area contributed by atoms with Crippen LogP contribution in [0.25, 0.3) is 0 Å². The predicted molar refractivity (Wildman–Crippen MR) is 68.2 cm³/mol. The van der Waals surface area contributed by atoms with Gasteiger partial charge in [0.2, 0.25) is 0 Å². The second kappa shape index (κ2) is 4.94. The number of nitrogens with two attached hydrogens (primary N) is 1. The Morgan fingerprint density at radius 2 is 2.11 bits per heavy atom. The summed E-state index contributed by atoms with van der Waals surface area (Å²) in [5, 5.41) is 0. The number of likely N-dealkylation sites (tertiary alicyclic amines) is 1. The van der Waals surface area contributed by atoms with Crippen molar-refractivity contribution in [1.82, 2.24) is 4.90 Å². The van der Waals surface area contributed by atoms with Gasteiger partial charge in [0.1, 0.15) is 11.6 Å². The summed E-state index contributed by atoms with van der Waals surface area (Å²) in [6.07, 6.45) is 2.25. The van der Waals surface area contributed by atoms with Crippen LogP contribution in [0.4, 0.5) is 8.78 Å². The lowest BCUT2D eigenvalue weighted by molar-refractivity contribution is 0.164. The quantitative estimate of drug-likeness (QED) is 0.898. The summed E-state index contributed by atoms with van der Waals surface area (Å²) >= 11 is 0. The molecule has 1 fully saturated rings. The van der Waals surface area contributed by atoms with Crippen LogP contribution in [-0.4, -0.2) is 23.5 Å². The van der Waals surface area contributed by atoms with E-state index in [9.17, 15) is 8.78 Å². The molecule has 0 aromatic heterocycles. The van der Waals surface area contributed by atoms with Crippen LogP contribution >= 0.6 is 0 Å². The molecule has 4 heteroatoms. The highest BCUT2D eigenvalue weighted by atomic mass is 19.1. The highest BCUT2D eigenvalue weighted by Crippen LogP contribution is 2.30. The van der Waals surface area contributed by atoms with Crippen molar-refractivity contribution in [2.45, 2.75) is 38.3 Å². The van der Waals surface area contributed by atoms with Crippen LogP contribution in [0.3, 0.4) is 0 Å². The Kier molecular flexibility index (Phi) is 3.69. The molecule has 100 valence electrons. The van der Waals surface area contributed by atoms with Gasteiger partial charge in [-0.1, -0.05) is 0 Å². The zero-order chi connectivity index (χ0) is 13.3. The van der Waals surface area contributed by atoms with Crippen LogP contribution in [0.15, 0.2) is 18.2 Å². The van der Waals surface area contributed by atoms with Crippen molar-refractivity contribution in [2.75, 3.05) is 13.1 Å². The van der Waals surface area contributed by atoms with Crippen LogP contribution in [-0.2, 0) is 0 Å². The van der Waals surface area contributed by atoms with Crippen LogP contribution in [0.1, 0.15) is 38.3 Å². The summed E-state index contributed by atoms with van der Waals surface area (Å²) in [7, 11) is 0. The third-order valence-corrected chi connectivity index (χ3v) is 3.85. The fourth-order valence-electron chi connectivity index (χ4n) is 2.64. The van der Waals surface area contributed by atoms with E-state index in [-0.39, 0.29) is 11.1 Å². The monoisotopic (exact) mass is 254 g/mol. The third kappa shape index (κ3) is 2.70. The second-order valence-electron chi connectivity index (χ2n) is 5.63. The van der Waals surface area contributed by atoms with E-state index < -0.39 is 17.7 Å². The molecule has 2 N–H and O–H groups in total. The minimum absolute atomic E-state index is 0.0986.